The molecule has 2 aromatic rings. The minimum atomic E-state index is -0.142. The number of halogens is 1. The molecule has 1 N–H and O–H groups in total. The molecule has 1 fully saturated rings. The lowest BCUT2D eigenvalue weighted by Gasteiger charge is -2.41. The van der Waals surface area contributed by atoms with Crippen molar-refractivity contribution < 1.29 is 19.4 Å². The van der Waals surface area contributed by atoms with Crippen LogP contribution in [0.5, 0.6) is 5.75 Å². The van der Waals surface area contributed by atoms with E-state index in [1.54, 1.807) is 6.07 Å². The van der Waals surface area contributed by atoms with E-state index in [-0.39, 0.29) is 23.8 Å². The summed E-state index contributed by atoms with van der Waals surface area (Å²) < 4.78 is 6.04. The number of amides is 2. The second-order valence-corrected chi connectivity index (χ2v) is 10.2. The summed E-state index contributed by atoms with van der Waals surface area (Å²) in [6.45, 7) is 2.88. The highest BCUT2D eigenvalue weighted by molar-refractivity contribution is 6.30. The van der Waals surface area contributed by atoms with Gasteiger partial charge in [-0.3, -0.25) is 9.59 Å². The second kappa shape index (κ2) is 11.9. The zero-order valence-electron chi connectivity index (χ0n) is 20.3. The Morgan fingerprint density at radius 3 is 2.46 bits per heavy atom. The Morgan fingerprint density at radius 1 is 0.971 bits per heavy atom. The molecule has 2 amide bonds. The summed E-state index contributed by atoms with van der Waals surface area (Å²) in [5, 5.41) is 10.9. The van der Waals surface area contributed by atoms with Gasteiger partial charge in [-0.15, -0.1) is 0 Å². The number of piperidine rings is 1. The zero-order chi connectivity index (χ0) is 24.7. The third kappa shape index (κ3) is 6.56. The van der Waals surface area contributed by atoms with E-state index in [1.807, 2.05) is 52.3 Å². The van der Waals surface area contributed by atoms with Crippen molar-refractivity contribution in [3.8, 4) is 5.75 Å². The number of ether oxygens (including phenoxy) is 1. The van der Waals surface area contributed by atoms with Crippen molar-refractivity contribution in [2.75, 3.05) is 39.4 Å². The van der Waals surface area contributed by atoms with Crippen LogP contribution in [-0.4, -0.2) is 66.1 Å². The number of rotatable bonds is 4. The number of benzene rings is 2. The summed E-state index contributed by atoms with van der Waals surface area (Å²) in [5.74, 6) is 0.624. The van der Waals surface area contributed by atoms with E-state index in [0.717, 1.165) is 37.7 Å². The molecule has 3 heterocycles. The summed E-state index contributed by atoms with van der Waals surface area (Å²) in [5.41, 5.74) is 1.50. The summed E-state index contributed by atoms with van der Waals surface area (Å²) in [6.07, 6.45) is 5.40. The molecule has 1 saturated heterocycles. The van der Waals surface area contributed by atoms with Gasteiger partial charge >= 0.3 is 0 Å². The quantitative estimate of drug-likeness (QED) is 0.670. The monoisotopic (exact) mass is 498 g/mol. The predicted octanol–water partition coefficient (Wildman–Crippen LogP) is 4.58. The van der Waals surface area contributed by atoms with Gasteiger partial charge in [-0.25, -0.2) is 0 Å². The Hall–Kier alpha value is -2.57. The average molecular weight is 499 g/mol. The molecule has 188 valence electrons. The maximum absolute atomic E-state index is 13.2. The van der Waals surface area contributed by atoms with Gasteiger partial charge in [0, 0.05) is 37.7 Å². The fraction of sp³-hybridized carbons (Fsp3) is 0.500. The van der Waals surface area contributed by atoms with E-state index in [0.29, 0.717) is 62.0 Å². The lowest BCUT2D eigenvalue weighted by atomic mass is 9.75. The van der Waals surface area contributed by atoms with Crippen LogP contribution in [0, 0.1) is 5.41 Å². The minimum Gasteiger partial charge on any atom is -0.491 e. The number of fused-ring (bicyclic) bond motifs is 9. The van der Waals surface area contributed by atoms with Crippen LogP contribution in [0.4, 0.5) is 0 Å². The molecule has 0 aliphatic carbocycles. The van der Waals surface area contributed by atoms with Crippen molar-refractivity contribution in [2.45, 2.75) is 44.9 Å². The number of hydrogen-bond donors (Lipinski definition) is 1. The molecule has 0 spiro atoms. The number of hydrogen-bond acceptors (Lipinski definition) is 4. The number of aliphatic hydroxyl groups excluding tert-OH is 1. The van der Waals surface area contributed by atoms with Crippen molar-refractivity contribution in [2.24, 2.45) is 5.41 Å². The Balaban J connectivity index is 1.47. The first-order valence-corrected chi connectivity index (χ1v) is 13.0. The topological polar surface area (TPSA) is 70.1 Å². The fourth-order valence-corrected chi connectivity index (χ4v) is 5.23. The molecular formula is C28H35ClN2O4. The van der Waals surface area contributed by atoms with Crippen LogP contribution < -0.4 is 4.74 Å². The molecule has 0 saturated carbocycles. The molecule has 0 atom stereocenters. The number of carbonyl (C=O) groups is 2. The zero-order valence-corrected chi connectivity index (χ0v) is 21.0. The highest BCUT2D eigenvalue weighted by atomic mass is 35.5. The van der Waals surface area contributed by atoms with Gasteiger partial charge in [0.2, 0.25) is 5.91 Å². The molecule has 35 heavy (non-hydrogen) atoms. The molecule has 0 radical (unpaired) electrons. The number of carbonyl (C=O) groups excluding carboxylic acids is 2. The van der Waals surface area contributed by atoms with E-state index < -0.39 is 0 Å². The van der Waals surface area contributed by atoms with E-state index in [1.165, 1.54) is 0 Å². The first kappa shape index (κ1) is 25.5. The predicted molar refractivity (Wildman–Crippen MR) is 137 cm³/mol. The SMILES string of the molecule is O=C(CCc1ccc(Cl)cc1)N1CCCCC2(CO)CCN(CC2)C(=O)c2ccccc2OCC1. The third-order valence-electron chi connectivity index (χ3n) is 7.46. The molecular weight excluding hydrogens is 464 g/mol. The van der Waals surface area contributed by atoms with E-state index in [2.05, 4.69) is 0 Å². The number of aryl methyl sites for hydroxylation is 1. The van der Waals surface area contributed by atoms with Gasteiger partial charge in [-0.2, -0.15) is 0 Å². The number of nitrogens with zero attached hydrogens (tertiary/aromatic N) is 2. The Labute approximate surface area is 212 Å². The summed E-state index contributed by atoms with van der Waals surface area (Å²) in [4.78, 5) is 30.1. The maximum atomic E-state index is 13.2. The highest BCUT2D eigenvalue weighted by Crippen LogP contribution is 2.37. The van der Waals surface area contributed by atoms with Crippen LogP contribution >= 0.6 is 11.6 Å². The van der Waals surface area contributed by atoms with Crippen molar-refractivity contribution >= 4 is 23.4 Å². The van der Waals surface area contributed by atoms with Gasteiger partial charge in [-0.1, -0.05) is 42.3 Å². The number of aliphatic hydroxyl groups is 1. The summed E-state index contributed by atoms with van der Waals surface area (Å²) in [7, 11) is 0. The molecule has 3 aliphatic rings. The highest BCUT2D eigenvalue weighted by Gasteiger charge is 2.36. The molecule has 5 rings (SSSR count). The fourth-order valence-electron chi connectivity index (χ4n) is 5.10. The van der Waals surface area contributed by atoms with E-state index in [9.17, 15) is 14.7 Å². The molecule has 2 bridgehead atoms. The van der Waals surface area contributed by atoms with Crippen LogP contribution in [-0.2, 0) is 11.2 Å². The molecule has 7 heteroatoms. The van der Waals surface area contributed by atoms with Crippen LogP contribution in [0.2, 0.25) is 5.02 Å². The van der Waals surface area contributed by atoms with Gasteiger partial charge < -0.3 is 19.6 Å². The van der Waals surface area contributed by atoms with Crippen molar-refractivity contribution in [1.82, 2.24) is 9.80 Å². The third-order valence-corrected chi connectivity index (χ3v) is 7.71. The first-order valence-electron chi connectivity index (χ1n) is 12.6. The van der Waals surface area contributed by atoms with Gasteiger partial charge in [0.1, 0.15) is 12.4 Å². The van der Waals surface area contributed by atoms with Crippen LogP contribution in [0.1, 0.15) is 54.4 Å². The first-order chi connectivity index (χ1) is 17.0. The summed E-state index contributed by atoms with van der Waals surface area (Å²) >= 11 is 5.98. The van der Waals surface area contributed by atoms with Crippen LogP contribution in [0.25, 0.3) is 0 Å². The van der Waals surface area contributed by atoms with Gasteiger partial charge in [0.15, 0.2) is 0 Å². The van der Waals surface area contributed by atoms with Crippen molar-refractivity contribution in [1.29, 1.82) is 0 Å². The molecule has 2 aromatic carbocycles. The smallest absolute Gasteiger partial charge is 0.257 e. The Morgan fingerprint density at radius 2 is 1.71 bits per heavy atom. The van der Waals surface area contributed by atoms with Crippen LogP contribution in [0.3, 0.4) is 0 Å². The van der Waals surface area contributed by atoms with E-state index in [4.69, 9.17) is 16.3 Å². The standard InChI is InChI=1S/C28H35ClN2O4/c29-23-10-7-22(8-11-23)9-12-26(33)30-16-4-3-13-28(21-32)14-17-31(18-15-28)27(34)24-5-1-2-6-25(24)35-20-19-30/h1-2,5-8,10-11,32H,3-4,9,12-21H2. The van der Waals surface area contributed by atoms with Gasteiger partial charge in [-0.05, 0) is 67.3 Å². The van der Waals surface area contributed by atoms with E-state index >= 15 is 0 Å². The second-order valence-electron chi connectivity index (χ2n) is 9.76. The molecule has 0 unspecified atom stereocenters. The molecule has 6 nitrogen and oxygen atoms in total. The normalized spacial score (nSPS) is 18.9. The largest absolute Gasteiger partial charge is 0.491 e. The van der Waals surface area contributed by atoms with Gasteiger partial charge in [0.05, 0.1) is 12.1 Å². The van der Waals surface area contributed by atoms with Crippen LogP contribution in [0.15, 0.2) is 48.5 Å². The summed E-state index contributed by atoms with van der Waals surface area (Å²) in [6, 6.07) is 14.9. The lowest BCUT2D eigenvalue weighted by molar-refractivity contribution is -0.131. The lowest BCUT2D eigenvalue weighted by Crippen LogP contribution is -2.44. The minimum absolute atomic E-state index is 0.0297. The Kier molecular flexibility index (Phi) is 8.69. The molecule has 3 aliphatic heterocycles. The van der Waals surface area contributed by atoms with Crippen molar-refractivity contribution in [3.05, 3.63) is 64.7 Å². The molecule has 0 aromatic heterocycles. The average Bonchev–Trinajstić information content (AvgIpc) is 2.90. The Bertz CT molecular complexity index is 1000. The maximum Gasteiger partial charge on any atom is 0.257 e. The number of para-hydroxylation sites is 1. The van der Waals surface area contributed by atoms with Gasteiger partial charge in [0.25, 0.3) is 5.91 Å². The van der Waals surface area contributed by atoms with Crippen molar-refractivity contribution in [3.63, 3.8) is 0 Å².